The number of rotatable bonds is 1. The molecule has 2 rings (SSSR count). The summed E-state index contributed by atoms with van der Waals surface area (Å²) in [5, 5.41) is 3.05. The molecule has 1 aromatic rings. The average molecular weight is 275 g/mol. The van der Waals surface area contributed by atoms with Crippen molar-refractivity contribution in [1.29, 1.82) is 0 Å². The van der Waals surface area contributed by atoms with E-state index >= 15 is 0 Å². The van der Waals surface area contributed by atoms with Crippen LogP contribution in [-0.4, -0.2) is 37.1 Å². The predicted molar refractivity (Wildman–Crippen MR) is 83.1 cm³/mol. The highest BCUT2D eigenvalue weighted by atomic mass is 16.2. The molecule has 1 heterocycles. The Bertz CT molecular complexity index is 491. The number of hydrogen-bond donors (Lipinski definition) is 1. The first-order valence-electron chi connectivity index (χ1n) is 7.14. The third-order valence-electron chi connectivity index (χ3n) is 3.56. The van der Waals surface area contributed by atoms with Crippen LogP contribution >= 0.6 is 0 Å². The lowest BCUT2D eigenvalue weighted by atomic mass is 9.95. The molecular formula is C16H25N3O. The van der Waals surface area contributed by atoms with Crippen molar-refractivity contribution in [3.8, 4) is 0 Å². The van der Waals surface area contributed by atoms with Crippen molar-refractivity contribution in [1.82, 2.24) is 10.2 Å². The fraction of sp³-hybridized carbons (Fsp3) is 0.562. The maximum absolute atomic E-state index is 12.5. The summed E-state index contributed by atoms with van der Waals surface area (Å²) in [7, 11) is 4.18. The van der Waals surface area contributed by atoms with Gasteiger partial charge >= 0.3 is 6.03 Å². The monoisotopic (exact) mass is 275 g/mol. The number of hydrogen-bond acceptors (Lipinski definition) is 2. The summed E-state index contributed by atoms with van der Waals surface area (Å²) in [6, 6.07) is 8.56. The summed E-state index contributed by atoms with van der Waals surface area (Å²) in [4.78, 5) is 16.5. The molecule has 1 aliphatic heterocycles. The molecule has 2 amide bonds. The van der Waals surface area contributed by atoms with Crippen LogP contribution in [0.5, 0.6) is 0 Å². The molecular weight excluding hydrogens is 250 g/mol. The number of benzene rings is 1. The van der Waals surface area contributed by atoms with Crippen molar-refractivity contribution >= 4 is 11.7 Å². The van der Waals surface area contributed by atoms with Gasteiger partial charge in [0.15, 0.2) is 0 Å². The number of nitrogens with one attached hydrogen (secondary N) is 1. The Labute approximate surface area is 121 Å². The first kappa shape index (κ1) is 14.9. The van der Waals surface area contributed by atoms with Crippen LogP contribution in [0.4, 0.5) is 10.5 Å². The molecule has 0 spiro atoms. The van der Waals surface area contributed by atoms with Crippen LogP contribution in [-0.2, 0) is 0 Å². The minimum Gasteiger partial charge on any atom is -0.333 e. The minimum absolute atomic E-state index is 0.0119. The second kappa shape index (κ2) is 5.44. The number of anilines is 1. The summed E-state index contributed by atoms with van der Waals surface area (Å²) in [5.41, 5.74) is 2.04. The van der Waals surface area contributed by atoms with Crippen LogP contribution in [0.3, 0.4) is 0 Å². The zero-order valence-electron chi connectivity index (χ0n) is 13.1. The maximum atomic E-state index is 12.5. The van der Waals surface area contributed by atoms with Gasteiger partial charge in [-0.3, -0.25) is 4.90 Å². The Hall–Kier alpha value is -1.55. The average Bonchev–Trinajstić information content (AvgIpc) is 2.35. The van der Waals surface area contributed by atoms with E-state index < -0.39 is 0 Å². The Kier molecular flexibility index (Phi) is 4.04. The molecule has 20 heavy (non-hydrogen) atoms. The van der Waals surface area contributed by atoms with Crippen molar-refractivity contribution in [2.24, 2.45) is 0 Å². The summed E-state index contributed by atoms with van der Waals surface area (Å²) < 4.78 is 0. The van der Waals surface area contributed by atoms with Crippen LogP contribution in [0.2, 0.25) is 0 Å². The van der Waals surface area contributed by atoms with Crippen molar-refractivity contribution in [2.45, 2.75) is 38.8 Å². The number of urea groups is 1. The Morgan fingerprint density at radius 3 is 2.55 bits per heavy atom. The number of carbonyl (C=O) groups is 1. The minimum atomic E-state index is -0.218. The SMILES string of the molecule is CN(C)C1CCN(C(=O)NC(C)(C)C)c2ccccc21. The first-order chi connectivity index (χ1) is 9.29. The lowest BCUT2D eigenvalue weighted by Gasteiger charge is -2.38. The van der Waals surface area contributed by atoms with Gasteiger partial charge in [-0.15, -0.1) is 0 Å². The second-order valence-electron chi connectivity index (χ2n) is 6.66. The van der Waals surface area contributed by atoms with E-state index in [1.807, 2.05) is 43.9 Å². The fourth-order valence-electron chi connectivity index (χ4n) is 2.68. The summed E-state index contributed by atoms with van der Waals surface area (Å²) in [6.07, 6.45) is 0.960. The molecule has 4 nitrogen and oxygen atoms in total. The Balaban J connectivity index is 2.30. The molecule has 1 aromatic carbocycles. The molecule has 1 unspecified atom stereocenters. The van der Waals surface area contributed by atoms with E-state index in [2.05, 4.69) is 30.4 Å². The molecule has 1 aliphatic rings. The van der Waals surface area contributed by atoms with Gasteiger partial charge in [-0.1, -0.05) is 18.2 Å². The van der Waals surface area contributed by atoms with Crippen LogP contribution < -0.4 is 10.2 Å². The normalized spacial score (nSPS) is 18.9. The van der Waals surface area contributed by atoms with Crippen molar-refractivity contribution < 1.29 is 4.79 Å². The highest BCUT2D eigenvalue weighted by molar-refractivity contribution is 5.93. The smallest absolute Gasteiger partial charge is 0.322 e. The molecule has 1 N–H and O–H groups in total. The molecule has 0 radical (unpaired) electrons. The largest absolute Gasteiger partial charge is 0.333 e. The van der Waals surface area contributed by atoms with Gasteiger partial charge in [0.1, 0.15) is 0 Å². The third-order valence-corrected chi connectivity index (χ3v) is 3.56. The molecule has 0 saturated heterocycles. The number of fused-ring (bicyclic) bond motifs is 1. The zero-order valence-corrected chi connectivity index (χ0v) is 13.1. The van der Waals surface area contributed by atoms with Gasteiger partial charge in [0.2, 0.25) is 0 Å². The fourth-order valence-corrected chi connectivity index (χ4v) is 2.68. The standard InChI is InChI=1S/C16H25N3O/c1-16(2,3)17-15(20)19-11-10-13(18(4)5)12-8-6-7-9-14(12)19/h6-9,13H,10-11H2,1-5H3,(H,17,20). The van der Waals surface area contributed by atoms with E-state index in [9.17, 15) is 4.79 Å². The molecule has 110 valence electrons. The summed E-state index contributed by atoms with van der Waals surface area (Å²) >= 11 is 0. The van der Waals surface area contributed by atoms with Crippen molar-refractivity contribution in [2.75, 3.05) is 25.5 Å². The Morgan fingerprint density at radius 1 is 1.30 bits per heavy atom. The van der Waals surface area contributed by atoms with Gasteiger partial charge in [-0.05, 0) is 52.9 Å². The van der Waals surface area contributed by atoms with E-state index in [0.29, 0.717) is 6.04 Å². The van der Waals surface area contributed by atoms with E-state index in [1.54, 1.807) is 0 Å². The van der Waals surface area contributed by atoms with Gasteiger partial charge in [0.05, 0.1) is 5.69 Å². The predicted octanol–water partition coefficient (Wildman–Crippen LogP) is 3.01. The van der Waals surface area contributed by atoms with E-state index in [1.165, 1.54) is 5.56 Å². The van der Waals surface area contributed by atoms with E-state index in [0.717, 1.165) is 18.7 Å². The molecule has 0 bridgehead atoms. The Morgan fingerprint density at radius 2 is 1.95 bits per heavy atom. The number of carbonyl (C=O) groups excluding carboxylic acids is 1. The van der Waals surface area contributed by atoms with Gasteiger partial charge < -0.3 is 10.2 Å². The molecule has 0 saturated carbocycles. The van der Waals surface area contributed by atoms with Crippen molar-refractivity contribution in [3.63, 3.8) is 0 Å². The molecule has 4 heteroatoms. The zero-order chi connectivity index (χ0) is 14.9. The summed E-state index contributed by atoms with van der Waals surface area (Å²) in [6.45, 7) is 6.76. The third kappa shape index (κ3) is 3.12. The topological polar surface area (TPSA) is 35.6 Å². The summed E-state index contributed by atoms with van der Waals surface area (Å²) in [5.74, 6) is 0. The number of para-hydroxylation sites is 1. The van der Waals surface area contributed by atoms with Gasteiger partial charge in [-0.25, -0.2) is 4.79 Å². The molecule has 0 fully saturated rings. The van der Waals surface area contributed by atoms with E-state index in [4.69, 9.17) is 0 Å². The van der Waals surface area contributed by atoms with Crippen molar-refractivity contribution in [3.05, 3.63) is 29.8 Å². The molecule has 0 aromatic heterocycles. The molecule has 1 atom stereocenters. The quantitative estimate of drug-likeness (QED) is 0.855. The highest BCUT2D eigenvalue weighted by Crippen LogP contribution is 2.36. The van der Waals surface area contributed by atoms with E-state index in [-0.39, 0.29) is 11.6 Å². The highest BCUT2D eigenvalue weighted by Gasteiger charge is 2.30. The van der Waals surface area contributed by atoms with Gasteiger partial charge in [0, 0.05) is 18.1 Å². The van der Waals surface area contributed by atoms with Crippen LogP contribution in [0.1, 0.15) is 38.8 Å². The van der Waals surface area contributed by atoms with Crippen LogP contribution in [0.15, 0.2) is 24.3 Å². The van der Waals surface area contributed by atoms with Crippen LogP contribution in [0, 0.1) is 0 Å². The first-order valence-corrected chi connectivity index (χ1v) is 7.14. The number of nitrogens with zero attached hydrogens (tertiary/aromatic N) is 2. The molecule has 0 aliphatic carbocycles. The lowest BCUT2D eigenvalue weighted by molar-refractivity contribution is 0.232. The second-order valence-corrected chi connectivity index (χ2v) is 6.66. The van der Waals surface area contributed by atoms with Gasteiger partial charge in [0.25, 0.3) is 0 Å². The van der Waals surface area contributed by atoms with Gasteiger partial charge in [-0.2, -0.15) is 0 Å². The maximum Gasteiger partial charge on any atom is 0.322 e. The van der Waals surface area contributed by atoms with Crippen LogP contribution in [0.25, 0.3) is 0 Å². The lowest BCUT2D eigenvalue weighted by Crippen LogP contribution is -2.51. The number of amides is 2.